The zero-order valence-electron chi connectivity index (χ0n) is 10.4. The first kappa shape index (κ1) is 15.5. The molecule has 0 unspecified atom stereocenters. The number of amides is 2. The minimum Gasteiger partial charge on any atom is -0.480 e. The van der Waals surface area contributed by atoms with E-state index >= 15 is 0 Å². The van der Waals surface area contributed by atoms with Gasteiger partial charge in [0.15, 0.2) is 0 Å². The number of ether oxygens (including phenoxy) is 1. The Bertz CT molecular complexity index is 453. The van der Waals surface area contributed by atoms with Crippen LogP contribution in [-0.2, 0) is 9.53 Å². The molecule has 0 radical (unpaired) electrons. The molecule has 6 nitrogen and oxygen atoms in total. The molecule has 19 heavy (non-hydrogen) atoms. The van der Waals surface area contributed by atoms with E-state index in [0.717, 1.165) is 4.47 Å². The van der Waals surface area contributed by atoms with E-state index in [1.807, 2.05) is 6.07 Å². The summed E-state index contributed by atoms with van der Waals surface area (Å²) in [6.45, 7) is 0.107. The van der Waals surface area contributed by atoms with Crippen LogP contribution in [0.4, 0.5) is 10.5 Å². The second-order valence-electron chi connectivity index (χ2n) is 3.72. The van der Waals surface area contributed by atoms with Gasteiger partial charge in [-0.05, 0) is 28.1 Å². The maximum Gasteiger partial charge on any atom is 0.323 e. The summed E-state index contributed by atoms with van der Waals surface area (Å²) in [6.07, 6.45) is 0. The summed E-state index contributed by atoms with van der Waals surface area (Å²) in [6, 6.07) is 6.62. The number of rotatable bonds is 6. The number of hydrogen-bond donors (Lipinski definition) is 2. The molecule has 0 saturated carbocycles. The van der Waals surface area contributed by atoms with E-state index in [1.54, 1.807) is 18.2 Å². The molecule has 0 saturated heterocycles. The highest BCUT2D eigenvalue weighted by Gasteiger charge is 2.17. The SMILES string of the molecule is COCCN(CC(=O)O)C(=O)Nc1ccccc1Br. The van der Waals surface area contributed by atoms with Crippen LogP contribution in [-0.4, -0.2) is 48.8 Å². The van der Waals surface area contributed by atoms with Crippen LogP contribution in [0.3, 0.4) is 0 Å². The van der Waals surface area contributed by atoms with Gasteiger partial charge >= 0.3 is 12.0 Å². The topological polar surface area (TPSA) is 78.9 Å². The number of carboxylic acids is 1. The standard InChI is InChI=1S/C12H15BrN2O4/c1-19-7-6-15(8-11(16)17)12(18)14-10-5-3-2-4-9(10)13/h2-5H,6-8H2,1H3,(H,14,18)(H,16,17). The summed E-state index contributed by atoms with van der Waals surface area (Å²) in [7, 11) is 1.49. The molecule has 0 spiro atoms. The third-order valence-electron chi connectivity index (χ3n) is 2.29. The van der Waals surface area contributed by atoms with Crippen molar-refractivity contribution in [1.29, 1.82) is 0 Å². The van der Waals surface area contributed by atoms with Crippen LogP contribution in [0.25, 0.3) is 0 Å². The van der Waals surface area contributed by atoms with Crippen LogP contribution >= 0.6 is 15.9 Å². The normalized spacial score (nSPS) is 10.0. The van der Waals surface area contributed by atoms with Crippen molar-refractivity contribution >= 4 is 33.6 Å². The highest BCUT2D eigenvalue weighted by Crippen LogP contribution is 2.21. The van der Waals surface area contributed by atoms with E-state index in [1.165, 1.54) is 12.0 Å². The maximum atomic E-state index is 12.0. The minimum atomic E-state index is -1.07. The van der Waals surface area contributed by atoms with E-state index < -0.39 is 12.0 Å². The molecule has 0 aromatic heterocycles. The Morgan fingerprint density at radius 3 is 2.68 bits per heavy atom. The van der Waals surface area contributed by atoms with E-state index in [0.29, 0.717) is 5.69 Å². The van der Waals surface area contributed by atoms with Crippen LogP contribution in [0.1, 0.15) is 0 Å². The molecule has 2 amide bonds. The quantitative estimate of drug-likeness (QED) is 0.836. The number of hydrogen-bond acceptors (Lipinski definition) is 3. The number of para-hydroxylation sites is 1. The van der Waals surface area contributed by atoms with Crippen molar-refractivity contribution in [3.63, 3.8) is 0 Å². The fraction of sp³-hybridized carbons (Fsp3) is 0.333. The molecule has 0 aliphatic carbocycles. The highest BCUT2D eigenvalue weighted by molar-refractivity contribution is 9.10. The van der Waals surface area contributed by atoms with Gasteiger partial charge in [0, 0.05) is 18.1 Å². The number of nitrogens with zero attached hydrogens (tertiary/aromatic N) is 1. The first-order valence-corrected chi connectivity index (χ1v) is 6.35. The van der Waals surface area contributed by atoms with Gasteiger partial charge in [-0.15, -0.1) is 0 Å². The summed E-state index contributed by atoms with van der Waals surface area (Å²) >= 11 is 3.30. The molecular formula is C12H15BrN2O4. The van der Waals surface area contributed by atoms with Gasteiger partial charge in [-0.3, -0.25) is 4.79 Å². The van der Waals surface area contributed by atoms with Crippen molar-refractivity contribution in [2.75, 3.05) is 32.1 Å². The number of aliphatic carboxylic acids is 1. The molecule has 1 aromatic carbocycles. The molecule has 0 heterocycles. The Kier molecular flexibility index (Phi) is 6.31. The van der Waals surface area contributed by atoms with E-state index in [2.05, 4.69) is 21.2 Å². The fourth-order valence-electron chi connectivity index (χ4n) is 1.37. The summed E-state index contributed by atoms with van der Waals surface area (Å²) in [5.41, 5.74) is 0.584. The largest absolute Gasteiger partial charge is 0.480 e. The van der Waals surface area contributed by atoms with Gasteiger partial charge in [0.1, 0.15) is 6.54 Å². The highest BCUT2D eigenvalue weighted by atomic mass is 79.9. The Labute approximate surface area is 119 Å². The number of halogens is 1. The van der Waals surface area contributed by atoms with Crippen LogP contribution in [0.15, 0.2) is 28.7 Å². The van der Waals surface area contributed by atoms with Gasteiger partial charge in [-0.25, -0.2) is 4.79 Å². The average molecular weight is 331 g/mol. The molecule has 1 rings (SSSR count). The van der Waals surface area contributed by atoms with E-state index in [4.69, 9.17) is 9.84 Å². The molecule has 2 N–H and O–H groups in total. The van der Waals surface area contributed by atoms with Crippen molar-refractivity contribution in [3.05, 3.63) is 28.7 Å². The van der Waals surface area contributed by atoms with Crippen LogP contribution in [0.2, 0.25) is 0 Å². The Morgan fingerprint density at radius 1 is 1.42 bits per heavy atom. The lowest BCUT2D eigenvalue weighted by Crippen LogP contribution is -2.40. The molecule has 0 aliphatic heterocycles. The number of urea groups is 1. The summed E-state index contributed by atoms with van der Waals surface area (Å²) in [5.74, 6) is -1.07. The van der Waals surface area contributed by atoms with Crippen molar-refractivity contribution in [2.24, 2.45) is 0 Å². The van der Waals surface area contributed by atoms with Gasteiger partial charge in [0.2, 0.25) is 0 Å². The van der Waals surface area contributed by atoms with Gasteiger partial charge in [-0.2, -0.15) is 0 Å². The number of anilines is 1. The number of methoxy groups -OCH3 is 1. The predicted octanol–water partition coefficient (Wildman–Crippen LogP) is 2.01. The van der Waals surface area contributed by atoms with Gasteiger partial charge in [0.05, 0.1) is 12.3 Å². The molecule has 0 atom stereocenters. The van der Waals surface area contributed by atoms with Crippen molar-refractivity contribution in [2.45, 2.75) is 0 Å². The number of benzene rings is 1. The Morgan fingerprint density at radius 2 is 2.11 bits per heavy atom. The molecule has 1 aromatic rings. The second-order valence-corrected chi connectivity index (χ2v) is 4.57. The Balaban J connectivity index is 2.70. The van der Waals surface area contributed by atoms with Crippen molar-refractivity contribution in [1.82, 2.24) is 4.90 Å². The number of carbonyl (C=O) groups is 2. The monoisotopic (exact) mass is 330 g/mol. The lowest BCUT2D eigenvalue weighted by Gasteiger charge is -2.21. The first-order valence-electron chi connectivity index (χ1n) is 5.55. The minimum absolute atomic E-state index is 0.207. The zero-order chi connectivity index (χ0) is 14.3. The van der Waals surface area contributed by atoms with Gasteiger partial charge < -0.3 is 20.1 Å². The number of nitrogens with one attached hydrogen (secondary N) is 1. The fourth-order valence-corrected chi connectivity index (χ4v) is 1.76. The molecular weight excluding hydrogens is 316 g/mol. The van der Waals surface area contributed by atoms with E-state index in [9.17, 15) is 9.59 Å². The molecule has 104 valence electrons. The number of carbonyl (C=O) groups excluding carboxylic acids is 1. The smallest absolute Gasteiger partial charge is 0.323 e. The van der Waals surface area contributed by atoms with Crippen molar-refractivity contribution in [3.8, 4) is 0 Å². The van der Waals surface area contributed by atoms with E-state index in [-0.39, 0.29) is 19.7 Å². The summed E-state index contributed by atoms with van der Waals surface area (Å²) < 4.78 is 5.58. The van der Waals surface area contributed by atoms with Gasteiger partial charge in [-0.1, -0.05) is 12.1 Å². The third kappa shape index (κ3) is 5.27. The molecule has 7 heteroatoms. The molecule has 0 aliphatic rings. The second kappa shape index (κ2) is 7.75. The predicted molar refractivity (Wildman–Crippen MR) is 74.2 cm³/mol. The van der Waals surface area contributed by atoms with Gasteiger partial charge in [0.25, 0.3) is 0 Å². The van der Waals surface area contributed by atoms with Crippen molar-refractivity contribution < 1.29 is 19.4 Å². The summed E-state index contributed by atoms with van der Waals surface area (Å²) in [5, 5.41) is 11.4. The zero-order valence-corrected chi connectivity index (χ0v) is 12.0. The molecule has 0 fully saturated rings. The first-order chi connectivity index (χ1) is 9.04. The lowest BCUT2D eigenvalue weighted by molar-refractivity contribution is -0.137. The Hall–Kier alpha value is -1.60. The summed E-state index contributed by atoms with van der Waals surface area (Å²) in [4.78, 5) is 23.9. The third-order valence-corrected chi connectivity index (χ3v) is 2.99. The van der Waals surface area contributed by atoms with Crippen LogP contribution < -0.4 is 5.32 Å². The van der Waals surface area contributed by atoms with Crippen LogP contribution in [0, 0.1) is 0 Å². The van der Waals surface area contributed by atoms with Crippen LogP contribution in [0.5, 0.6) is 0 Å². The lowest BCUT2D eigenvalue weighted by atomic mass is 10.3. The number of carboxylic acid groups (broad SMARTS) is 1. The molecule has 0 bridgehead atoms. The maximum absolute atomic E-state index is 12.0. The average Bonchev–Trinajstić information content (AvgIpc) is 2.36.